The molecule has 1 aliphatic carbocycles. The van der Waals surface area contributed by atoms with Crippen LogP contribution in [0.25, 0.3) is 0 Å². The third-order valence-electron chi connectivity index (χ3n) is 7.25. The number of rotatable bonds is 8. The SMILES string of the molecule is Cc1cn(Cc2ccccc2)c(=O)n(CCCNc2ccc(C3(C#N)CCCCC3)c(C(F)(F)F)c2)c1=O. The van der Waals surface area contributed by atoms with Gasteiger partial charge in [0.15, 0.2) is 0 Å². The molecule has 0 radical (unpaired) electrons. The van der Waals surface area contributed by atoms with Crippen molar-refractivity contribution in [2.24, 2.45) is 0 Å². The smallest absolute Gasteiger partial charge is 0.385 e. The molecule has 2 aromatic carbocycles. The van der Waals surface area contributed by atoms with Gasteiger partial charge in [-0.1, -0.05) is 55.7 Å². The first-order chi connectivity index (χ1) is 18.1. The van der Waals surface area contributed by atoms with Crippen molar-refractivity contribution in [2.75, 3.05) is 11.9 Å². The van der Waals surface area contributed by atoms with Crippen LogP contribution in [0.3, 0.4) is 0 Å². The third-order valence-corrected chi connectivity index (χ3v) is 7.25. The molecule has 1 aromatic heterocycles. The molecule has 1 N–H and O–H groups in total. The normalized spacial score (nSPS) is 15.1. The molecule has 1 fully saturated rings. The van der Waals surface area contributed by atoms with Crippen molar-refractivity contribution < 1.29 is 13.2 Å². The number of benzene rings is 2. The van der Waals surface area contributed by atoms with Crippen LogP contribution in [0.4, 0.5) is 18.9 Å². The predicted molar refractivity (Wildman–Crippen MR) is 140 cm³/mol. The van der Waals surface area contributed by atoms with E-state index in [2.05, 4.69) is 11.4 Å². The van der Waals surface area contributed by atoms with Gasteiger partial charge < -0.3 is 5.32 Å². The van der Waals surface area contributed by atoms with Gasteiger partial charge in [0.1, 0.15) is 0 Å². The van der Waals surface area contributed by atoms with Crippen molar-refractivity contribution in [1.82, 2.24) is 9.13 Å². The van der Waals surface area contributed by atoms with E-state index in [0.717, 1.165) is 30.9 Å². The van der Waals surface area contributed by atoms with Crippen LogP contribution in [0.1, 0.15) is 60.8 Å². The molecule has 0 amide bonds. The molecule has 0 atom stereocenters. The van der Waals surface area contributed by atoms with Crippen molar-refractivity contribution in [1.29, 1.82) is 5.26 Å². The van der Waals surface area contributed by atoms with Crippen LogP contribution in [-0.2, 0) is 24.7 Å². The Kier molecular flexibility index (Phi) is 8.10. The van der Waals surface area contributed by atoms with Crippen LogP contribution in [0.5, 0.6) is 0 Å². The molecule has 0 saturated heterocycles. The Labute approximate surface area is 219 Å². The topological polar surface area (TPSA) is 79.8 Å². The fraction of sp³-hybridized carbons (Fsp3) is 0.414. The van der Waals surface area contributed by atoms with Crippen LogP contribution < -0.4 is 16.6 Å². The number of nitriles is 1. The summed E-state index contributed by atoms with van der Waals surface area (Å²) >= 11 is 0. The van der Waals surface area contributed by atoms with Gasteiger partial charge in [0, 0.05) is 30.5 Å². The van der Waals surface area contributed by atoms with Gasteiger partial charge in [0.2, 0.25) is 0 Å². The highest BCUT2D eigenvalue weighted by molar-refractivity contribution is 5.53. The van der Waals surface area contributed by atoms with Crippen LogP contribution in [0, 0.1) is 18.3 Å². The summed E-state index contributed by atoms with van der Waals surface area (Å²) in [5.41, 5.74) is -1.02. The Bertz CT molecular complexity index is 1430. The van der Waals surface area contributed by atoms with E-state index < -0.39 is 22.8 Å². The summed E-state index contributed by atoms with van der Waals surface area (Å²) in [6.45, 7) is 2.37. The first-order valence-electron chi connectivity index (χ1n) is 12.9. The highest BCUT2D eigenvalue weighted by Gasteiger charge is 2.42. The number of anilines is 1. The molecule has 0 unspecified atom stereocenters. The number of nitrogens with one attached hydrogen (secondary N) is 1. The maximum Gasteiger partial charge on any atom is 0.416 e. The van der Waals surface area contributed by atoms with Gasteiger partial charge in [-0.25, -0.2) is 4.79 Å². The summed E-state index contributed by atoms with van der Waals surface area (Å²) in [7, 11) is 0. The fourth-order valence-electron chi connectivity index (χ4n) is 5.26. The Hall–Kier alpha value is -3.80. The van der Waals surface area contributed by atoms with Gasteiger partial charge >= 0.3 is 11.9 Å². The number of aryl methyl sites for hydroxylation is 1. The molecular formula is C29H31F3N4O2. The number of halogens is 3. The van der Waals surface area contributed by atoms with E-state index in [9.17, 15) is 28.0 Å². The summed E-state index contributed by atoms with van der Waals surface area (Å²) in [6, 6.07) is 15.7. The maximum absolute atomic E-state index is 14.0. The lowest BCUT2D eigenvalue weighted by Crippen LogP contribution is -2.41. The van der Waals surface area contributed by atoms with Crippen molar-refractivity contribution in [3.05, 3.63) is 97.8 Å². The maximum atomic E-state index is 14.0. The van der Waals surface area contributed by atoms with Crippen molar-refractivity contribution in [2.45, 2.75) is 70.1 Å². The van der Waals surface area contributed by atoms with Crippen LogP contribution in [0.15, 0.2) is 64.3 Å². The zero-order valence-electron chi connectivity index (χ0n) is 21.4. The molecule has 3 aromatic rings. The molecule has 1 heterocycles. The van der Waals surface area contributed by atoms with E-state index in [0.29, 0.717) is 31.4 Å². The molecule has 1 saturated carbocycles. The molecule has 38 heavy (non-hydrogen) atoms. The molecule has 6 nitrogen and oxygen atoms in total. The van der Waals surface area contributed by atoms with Crippen molar-refractivity contribution in [3.63, 3.8) is 0 Å². The fourth-order valence-corrected chi connectivity index (χ4v) is 5.26. The van der Waals surface area contributed by atoms with Gasteiger partial charge in [-0.2, -0.15) is 18.4 Å². The first kappa shape index (κ1) is 27.2. The Morgan fingerprint density at radius 2 is 1.76 bits per heavy atom. The number of nitrogens with zero attached hydrogens (tertiary/aromatic N) is 3. The van der Waals surface area contributed by atoms with Crippen LogP contribution >= 0.6 is 0 Å². The molecule has 4 rings (SSSR count). The van der Waals surface area contributed by atoms with E-state index in [1.807, 2.05) is 30.3 Å². The summed E-state index contributed by atoms with van der Waals surface area (Å²) in [6.07, 6.45) is 0.548. The van der Waals surface area contributed by atoms with E-state index >= 15 is 0 Å². The van der Waals surface area contributed by atoms with Gasteiger partial charge in [-0.05, 0) is 49.4 Å². The highest BCUT2D eigenvalue weighted by atomic mass is 19.4. The lowest BCUT2D eigenvalue weighted by atomic mass is 9.69. The molecule has 0 aliphatic heterocycles. The predicted octanol–water partition coefficient (Wildman–Crippen LogP) is 5.61. The summed E-state index contributed by atoms with van der Waals surface area (Å²) in [4.78, 5) is 25.6. The largest absolute Gasteiger partial charge is 0.416 e. The second-order valence-electron chi connectivity index (χ2n) is 9.96. The first-order valence-corrected chi connectivity index (χ1v) is 12.9. The van der Waals surface area contributed by atoms with E-state index in [4.69, 9.17) is 0 Å². The average molecular weight is 525 g/mol. The quantitative estimate of drug-likeness (QED) is 0.389. The van der Waals surface area contributed by atoms with Gasteiger partial charge in [0.05, 0.1) is 23.6 Å². The third kappa shape index (κ3) is 5.85. The molecule has 0 bridgehead atoms. The summed E-state index contributed by atoms with van der Waals surface area (Å²) in [5, 5.41) is 12.8. The summed E-state index contributed by atoms with van der Waals surface area (Å²) < 4.78 is 44.7. The van der Waals surface area contributed by atoms with Crippen LogP contribution in [-0.4, -0.2) is 15.7 Å². The van der Waals surface area contributed by atoms with Gasteiger partial charge in [0.25, 0.3) is 5.56 Å². The number of hydrogen-bond acceptors (Lipinski definition) is 4. The van der Waals surface area contributed by atoms with Gasteiger partial charge in [-0.15, -0.1) is 0 Å². The van der Waals surface area contributed by atoms with Crippen LogP contribution in [0.2, 0.25) is 0 Å². The minimum Gasteiger partial charge on any atom is -0.385 e. The number of aromatic nitrogens is 2. The average Bonchev–Trinajstić information content (AvgIpc) is 2.91. The Morgan fingerprint density at radius 1 is 1.05 bits per heavy atom. The Balaban J connectivity index is 1.48. The monoisotopic (exact) mass is 524 g/mol. The molecule has 9 heteroatoms. The molecular weight excluding hydrogens is 493 g/mol. The minimum absolute atomic E-state index is 0.0445. The zero-order chi connectivity index (χ0) is 27.3. The lowest BCUT2D eigenvalue weighted by Gasteiger charge is -2.33. The summed E-state index contributed by atoms with van der Waals surface area (Å²) in [5.74, 6) is 0. The highest BCUT2D eigenvalue weighted by Crippen LogP contribution is 2.45. The molecule has 200 valence electrons. The Morgan fingerprint density at radius 3 is 2.42 bits per heavy atom. The second kappa shape index (κ2) is 11.3. The number of hydrogen-bond donors (Lipinski definition) is 1. The second-order valence-corrected chi connectivity index (χ2v) is 9.96. The zero-order valence-corrected chi connectivity index (χ0v) is 21.4. The van der Waals surface area contributed by atoms with Crippen molar-refractivity contribution >= 4 is 5.69 Å². The van der Waals surface area contributed by atoms with E-state index in [1.165, 1.54) is 15.2 Å². The molecule has 1 aliphatic rings. The lowest BCUT2D eigenvalue weighted by molar-refractivity contribution is -0.138. The standard InChI is InChI=1S/C29H31F3N4O2/c1-21-18-35(19-22-9-4-2-5-10-22)27(38)36(26(21)37)16-8-15-34-23-11-12-24(25(17-23)29(30,31)32)28(20-33)13-6-3-7-14-28/h2,4-5,9-12,17-18,34H,3,6-8,13-16,19H2,1H3. The van der Waals surface area contributed by atoms with Crippen molar-refractivity contribution in [3.8, 4) is 6.07 Å². The minimum atomic E-state index is -4.59. The van der Waals surface area contributed by atoms with E-state index in [-0.39, 0.29) is 29.9 Å². The van der Waals surface area contributed by atoms with Gasteiger partial charge in [-0.3, -0.25) is 13.9 Å². The number of alkyl halides is 3. The molecule has 0 spiro atoms. The van der Waals surface area contributed by atoms with E-state index in [1.54, 1.807) is 19.2 Å².